The lowest BCUT2D eigenvalue weighted by molar-refractivity contribution is 0.0696. The number of hydrogen-bond donors (Lipinski definition) is 5. The Labute approximate surface area is 369 Å². The summed E-state index contributed by atoms with van der Waals surface area (Å²) in [7, 11) is -7.96. The van der Waals surface area contributed by atoms with Crippen LogP contribution in [-0.2, 0) is 20.0 Å². The van der Waals surface area contributed by atoms with Crippen molar-refractivity contribution in [3.63, 3.8) is 0 Å². The number of nitrogens with two attached hydrogens (primary N) is 3. The van der Waals surface area contributed by atoms with Gasteiger partial charge < -0.3 is 26.0 Å². The average Bonchev–Trinajstić information content (AvgIpc) is 3.17. The Morgan fingerprint density at radius 2 is 1.13 bits per heavy atom. The van der Waals surface area contributed by atoms with Crippen molar-refractivity contribution in [3.8, 4) is 34.5 Å². The zero-order valence-corrected chi connectivity index (χ0v) is 35.8. The number of nitrogens with one attached hydrogen (secondary N) is 1. The molecular formula is C38H50Cl2N10O9S2. The SMILES string of the molecule is CCOc1cc(C)cc(-c2ccc(C(=O)NS(=O)(=O)c3cccnc3N)c(Cl)n2)n1.CCOc1cc(C)cc(-c2ccc(C(=O)O)c(Cl)n2)n1.Nc1ncccc1S(N)(=O)=O.[HH].[HH].[HH].[HH].[HH].[HH]. The van der Waals surface area contributed by atoms with Gasteiger partial charge in [0.1, 0.15) is 31.7 Å². The Balaban J connectivity index is -0.000000965. The Kier molecular flexibility index (Phi) is 16.0. The highest BCUT2D eigenvalue weighted by atomic mass is 35.5. The number of nitrogens with zero attached hydrogens (tertiary/aromatic N) is 6. The number of aromatic carboxylic acids is 1. The Morgan fingerprint density at radius 1 is 0.689 bits per heavy atom. The molecule has 0 saturated carbocycles. The summed E-state index contributed by atoms with van der Waals surface area (Å²) in [6, 6.07) is 18.5. The highest BCUT2D eigenvalue weighted by Crippen LogP contribution is 2.26. The van der Waals surface area contributed by atoms with Gasteiger partial charge in [0.05, 0.1) is 47.1 Å². The number of carbonyl (C=O) groups excluding carboxylic acids is 1. The number of sulfonamides is 2. The lowest BCUT2D eigenvalue weighted by Crippen LogP contribution is -2.31. The van der Waals surface area contributed by atoms with E-state index in [2.05, 4.69) is 29.9 Å². The van der Waals surface area contributed by atoms with Crippen LogP contribution in [0.15, 0.2) is 95.0 Å². The van der Waals surface area contributed by atoms with E-state index in [1.807, 2.05) is 44.5 Å². The van der Waals surface area contributed by atoms with E-state index >= 15 is 0 Å². The molecule has 0 bridgehead atoms. The largest absolute Gasteiger partial charge is 0.478 e. The van der Waals surface area contributed by atoms with Crippen molar-refractivity contribution in [2.45, 2.75) is 37.5 Å². The molecule has 0 aromatic carbocycles. The molecule has 0 fully saturated rings. The van der Waals surface area contributed by atoms with E-state index < -0.39 is 31.9 Å². The van der Waals surface area contributed by atoms with Crippen LogP contribution in [0.3, 0.4) is 0 Å². The van der Waals surface area contributed by atoms with Crippen LogP contribution < -0.4 is 30.8 Å². The summed E-state index contributed by atoms with van der Waals surface area (Å²) in [5.74, 6) is -1.42. The molecule has 6 heterocycles. The van der Waals surface area contributed by atoms with Crippen LogP contribution in [0.2, 0.25) is 10.3 Å². The van der Waals surface area contributed by atoms with Crippen molar-refractivity contribution in [2.24, 2.45) is 5.14 Å². The number of ether oxygens (including phenoxy) is 2. The van der Waals surface area contributed by atoms with Crippen LogP contribution in [0.1, 0.15) is 54.3 Å². The number of rotatable bonds is 11. The van der Waals surface area contributed by atoms with Gasteiger partial charge in [-0.15, -0.1) is 0 Å². The van der Waals surface area contributed by atoms with Crippen molar-refractivity contribution in [1.29, 1.82) is 0 Å². The summed E-state index contributed by atoms with van der Waals surface area (Å²) in [4.78, 5) is 47.1. The second-order valence-electron chi connectivity index (χ2n) is 12.2. The van der Waals surface area contributed by atoms with Gasteiger partial charge in [-0.25, -0.2) is 61.4 Å². The van der Waals surface area contributed by atoms with Gasteiger partial charge in [-0.3, -0.25) is 4.79 Å². The van der Waals surface area contributed by atoms with Gasteiger partial charge in [0.25, 0.3) is 15.9 Å². The fourth-order valence-electron chi connectivity index (χ4n) is 4.96. The van der Waals surface area contributed by atoms with Gasteiger partial charge in [-0.05, 0) is 99.5 Å². The predicted octanol–water partition coefficient (Wildman–Crippen LogP) is 6.59. The van der Waals surface area contributed by atoms with E-state index in [1.165, 1.54) is 54.9 Å². The number of aromatic nitrogens is 6. The Morgan fingerprint density at radius 3 is 1.51 bits per heavy atom. The minimum atomic E-state index is -4.24. The summed E-state index contributed by atoms with van der Waals surface area (Å²) >= 11 is 12.0. The van der Waals surface area contributed by atoms with Gasteiger partial charge in [-0.1, -0.05) is 23.2 Å². The molecule has 23 heteroatoms. The zero-order valence-electron chi connectivity index (χ0n) is 32.7. The van der Waals surface area contributed by atoms with Crippen LogP contribution in [0.4, 0.5) is 11.6 Å². The van der Waals surface area contributed by atoms with Crippen molar-refractivity contribution in [2.75, 3.05) is 24.7 Å². The molecule has 1 amide bonds. The third kappa shape index (κ3) is 13.0. The number of carboxylic acids is 1. The van der Waals surface area contributed by atoms with Crippen LogP contribution >= 0.6 is 23.2 Å². The van der Waals surface area contributed by atoms with E-state index in [9.17, 15) is 26.4 Å². The van der Waals surface area contributed by atoms with Crippen LogP contribution in [0, 0.1) is 13.8 Å². The van der Waals surface area contributed by atoms with Gasteiger partial charge in [0.2, 0.25) is 21.8 Å². The third-order valence-corrected chi connectivity index (χ3v) is 10.5. The number of anilines is 2. The molecule has 6 aromatic heterocycles. The van der Waals surface area contributed by atoms with E-state index in [0.717, 1.165) is 11.1 Å². The van der Waals surface area contributed by atoms with Crippen molar-refractivity contribution in [3.05, 3.63) is 118 Å². The first kappa shape index (κ1) is 47.2. The first-order chi connectivity index (χ1) is 28.7. The molecule has 0 aliphatic carbocycles. The van der Waals surface area contributed by atoms with Crippen LogP contribution in [0.25, 0.3) is 22.8 Å². The number of halogens is 2. The van der Waals surface area contributed by atoms with Crippen molar-refractivity contribution in [1.82, 2.24) is 34.6 Å². The van der Waals surface area contributed by atoms with Gasteiger partial charge in [-0.2, -0.15) is 0 Å². The molecule has 0 saturated heterocycles. The zero-order chi connectivity index (χ0) is 45.1. The summed E-state index contributed by atoms with van der Waals surface area (Å²) in [5.41, 5.74) is 14.5. The van der Waals surface area contributed by atoms with E-state index in [4.69, 9.17) is 54.4 Å². The normalized spacial score (nSPS) is 10.9. The molecule has 0 atom stereocenters. The van der Waals surface area contributed by atoms with E-state index in [0.29, 0.717) is 47.7 Å². The van der Waals surface area contributed by atoms with Gasteiger partial charge in [0, 0.05) is 33.1 Å². The third-order valence-electron chi connectivity index (χ3n) is 7.60. The van der Waals surface area contributed by atoms with Crippen LogP contribution in [-0.4, -0.2) is 76.9 Å². The van der Waals surface area contributed by atoms with Crippen LogP contribution in [0.5, 0.6) is 11.8 Å². The maximum atomic E-state index is 12.5. The molecule has 8 N–H and O–H groups in total. The molecule has 0 radical (unpaired) electrons. The first-order valence-electron chi connectivity index (χ1n) is 17.5. The van der Waals surface area contributed by atoms with Crippen molar-refractivity contribution < 1.29 is 49.6 Å². The Hall–Kier alpha value is -6.52. The summed E-state index contributed by atoms with van der Waals surface area (Å²) in [6.45, 7) is 8.49. The average molecular weight is 926 g/mol. The van der Waals surface area contributed by atoms with Crippen molar-refractivity contribution >= 4 is 66.8 Å². The summed E-state index contributed by atoms with van der Waals surface area (Å²) in [6.07, 6.45) is 2.73. The number of pyridine rings is 6. The quantitative estimate of drug-likeness (QED) is 0.0856. The van der Waals surface area contributed by atoms with E-state index in [1.54, 1.807) is 18.2 Å². The highest BCUT2D eigenvalue weighted by molar-refractivity contribution is 7.90. The van der Waals surface area contributed by atoms with Gasteiger partial charge >= 0.3 is 5.97 Å². The molecule has 0 aliphatic rings. The number of carboxylic acid groups (broad SMARTS) is 1. The highest BCUT2D eigenvalue weighted by Gasteiger charge is 2.24. The molecule has 6 aromatic rings. The minimum Gasteiger partial charge on any atom is -0.478 e. The predicted molar refractivity (Wildman–Crippen MR) is 240 cm³/mol. The Bertz CT molecular complexity index is 2830. The maximum absolute atomic E-state index is 12.5. The number of amides is 1. The lowest BCUT2D eigenvalue weighted by atomic mass is 10.1. The smallest absolute Gasteiger partial charge is 0.338 e. The molecule has 19 nitrogen and oxygen atoms in total. The number of aryl methyl sites for hydroxylation is 2. The number of carbonyl (C=O) groups is 2. The molecule has 0 unspecified atom stereocenters. The number of primary sulfonamides is 1. The molecule has 0 spiro atoms. The maximum Gasteiger partial charge on any atom is 0.338 e. The number of nitrogen functional groups attached to an aromatic ring is 2. The fraction of sp³-hybridized carbons (Fsp3) is 0.158. The molecule has 6 rings (SSSR count). The van der Waals surface area contributed by atoms with Gasteiger partial charge in [0.15, 0.2) is 0 Å². The standard InChI is InChI=1S/C19H18ClN5O4S.C14H13ClN2O3.C5H7N3O2S.6H2/c1-3-29-16-10-11(2)9-14(23-16)13-7-6-12(17(20)24-13)19(26)25-30(27,28)15-5-4-8-22-18(15)21;1-3-20-12-7-8(2)6-11(16-12)10-5-4-9(14(18)19)13(15)17-10;6-5-4(11(7,9)10)2-1-3-8-5;;;;;;/h4-10H,3H2,1-2H3,(H2,21,22)(H,25,26);4-7H,3H2,1-2H3,(H,18,19);1-3H,(H2,6,8)(H2,7,9,10);6*1H. The monoisotopic (exact) mass is 924 g/mol. The van der Waals surface area contributed by atoms with E-state index in [-0.39, 0.29) is 51.4 Å². The topological polar surface area (TPSA) is 309 Å². The molecular weight excluding hydrogens is 876 g/mol. The summed E-state index contributed by atoms with van der Waals surface area (Å²) in [5, 5.41) is 13.5. The summed E-state index contributed by atoms with van der Waals surface area (Å²) < 4.78 is 59.0. The second kappa shape index (κ2) is 20.6. The minimum absolute atomic E-state index is 0. The lowest BCUT2D eigenvalue weighted by Gasteiger charge is -2.10. The first-order valence-corrected chi connectivity index (χ1v) is 21.3. The molecule has 332 valence electrons. The molecule has 0 aliphatic heterocycles. The number of hydrogen-bond acceptors (Lipinski definition) is 16. The second-order valence-corrected chi connectivity index (χ2v) is 16.1. The fourth-order valence-corrected chi connectivity index (χ4v) is 7.10. The molecule has 61 heavy (non-hydrogen) atoms.